The quantitative estimate of drug-likeness (QED) is 0.0942. The minimum absolute atomic E-state index is 0. The van der Waals surface area contributed by atoms with Gasteiger partial charge >= 0.3 is 0 Å². The molecule has 0 aliphatic carbocycles. The molecule has 0 aliphatic rings. The molecule has 1 N–H and O–H groups in total. The Labute approximate surface area is 273 Å². The van der Waals surface area contributed by atoms with Crippen LogP contribution in [0, 0.1) is 17.9 Å². The number of pyridine rings is 1. The van der Waals surface area contributed by atoms with E-state index in [0.29, 0.717) is 11.8 Å². The molecule has 0 atom stereocenters. The summed E-state index contributed by atoms with van der Waals surface area (Å²) in [5.74, 6) is 1.40. The number of carbonyl (C=O) groups is 1. The minimum Gasteiger partial charge on any atom is -0.512 e. The van der Waals surface area contributed by atoms with Gasteiger partial charge in [0.1, 0.15) is 0 Å². The molecule has 0 spiro atoms. The minimum atomic E-state index is 0. The van der Waals surface area contributed by atoms with Crippen LogP contribution in [0.1, 0.15) is 104 Å². The predicted molar refractivity (Wildman–Crippen MR) is 177 cm³/mol. The van der Waals surface area contributed by atoms with Crippen molar-refractivity contribution in [1.29, 1.82) is 0 Å². The maximum atomic E-state index is 11.7. The van der Waals surface area contributed by atoms with Gasteiger partial charge in [0, 0.05) is 55.6 Å². The Morgan fingerprint density at radius 3 is 1.88 bits per heavy atom. The molecule has 0 amide bonds. The summed E-state index contributed by atoms with van der Waals surface area (Å²) in [6.45, 7) is 17.1. The van der Waals surface area contributed by atoms with Crippen LogP contribution in [0.4, 0.5) is 0 Å². The summed E-state index contributed by atoms with van der Waals surface area (Å²) >= 11 is 0. The molecule has 1 radical (unpaired) electrons. The maximum absolute atomic E-state index is 11.7. The Morgan fingerprint density at radius 1 is 0.814 bits per heavy atom. The number of hydrogen-bond donors (Lipinski definition) is 1. The number of rotatable bonds is 11. The first-order valence-corrected chi connectivity index (χ1v) is 15.7. The van der Waals surface area contributed by atoms with E-state index in [4.69, 9.17) is 0 Å². The molecular formula is C38H49IrN2O2-. The fourth-order valence-corrected chi connectivity index (χ4v) is 5.54. The summed E-state index contributed by atoms with van der Waals surface area (Å²) in [6, 6.07) is 24.8. The molecule has 4 rings (SSSR count). The number of fused-ring (bicyclic) bond motifs is 1. The van der Waals surface area contributed by atoms with Crippen LogP contribution in [-0.4, -0.2) is 20.4 Å². The topological polar surface area (TPSA) is 55.1 Å². The van der Waals surface area contributed by atoms with Crippen molar-refractivity contribution in [2.24, 2.45) is 11.8 Å². The third-order valence-corrected chi connectivity index (χ3v) is 8.18. The van der Waals surface area contributed by atoms with Crippen LogP contribution in [0.2, 0.25) is 0 Å². The number of nitrogens with zero attached hydrogens (tertiary/aromatic N) is 2. The molecule has 4 aromatic rings. The number of aliphatic hydroxyl groups is 1. The normalized spacial score (nSPS) is 11.7. The molecule has 0 fully saturated rings. The van der Waals surface area contributed by atoms with Crippen LogP contribution in [-0.2, 0) is 24.9 Å². The molecular weight excluding hydrogens is 709 g/mol. The molecule has 4 nitrogen and oxygen atoms in total. The standard InChI is InChI=1S/C25H25N2.C13H24O2.Ir/c1-17(2)20-11-9-12-21(18(3)4)25(20)27-23-14-6-5-10-19(23)16-24(27)22-13-7-8-15-26-22;1-5-10(6-2)12(14)9-13(15)11(7-3)8-4;/h5-15,17-18H,1-4H3;9-11,14H,5-8H2,1-4H3;/q-1;;. The zero-order valence-corrected chi connectivity index (χ0v) is 29.5. The smallest absolute Gasteiger partial charge is 0.162 e. The van der Waals surface area contributed by atoms with Gasteiger partial charge in [-0.2, -0.15) is 0 Å². The van der Waals surface area contributed by atoms with E-state index in [1.54, 1.807) is 0 Å². The Balaban J connectivity index is 0.000000348. The van der Waals surface area contributed by atoms with Gasteiger partial charge in [-0.3, -0.25) is 4.79 Å². The van der Waals surface area contributed by atoms with Gasteiger partial charge in [0.05, 0.1) is 5.76 Å². The monoisotopic (exact) mass is 758 g/mol. The van der Waals surface area contributed by atoms with E-state index in [9.17, 15) is 9.90 Å². The van der Waals surface area contributed by atoms with Gasteiger partial charge in [0.25, 0.3) is 0 Å². The van der Waals surface area contributed by atoms with Crippen LogP contribution < -0.4 is 0 Å². The zero-order chi connectivity index (χ0) is 30.8. The summed E-state index contributed by atoms with van der Waals surface area (Å²) in [7, 11) is 0. The van der Waals surface area contributed by atoms with Crippen LogP contribution in [0.3, 0.4) is 0 Å². The Bertz CT molecular complexity index is 1440. The van der Waals surface area contributed by atoms with Gasteiger partial charge in [-0.1, -0.05) is 97.9 Å². The predicted octanol–water partition coefficient (Wildman–Crippen LogP) is 10.6. The SMILES string of the molecule is CC(C)c1cccc(C(C)C)c1-n1c(-c2ccccn2)[c-]c2ccccc21.CCC(CC)C(=O)C=C(O)C(CC)CC.[Ir]. The van der Waals surface area contributed by atoms with Crippen molar-refractivity contribution in [3.05, 3.63) is 95.9 Å². The Kier molecular flexibility index (Phi) is 14.6. The van der Waals surface area contributed by atoms with Gasteiger partial charge in [-0.15, -0.1) is 23.6 Å². The fourth-order valence-electron chi connectivity index (χ4n) is 5.54. The van der Waals surface area contributed by atoms with Crippen molar-refractivity contribution >= 4 is 16.7 Å². The summed E-state index contributed by atoms with van der Waals surface area (Å²) in [5.41, 5.74) is 7.13. The van der Waals surface area contributed by atoms with Crippen LogP contribution in [0.25, 0.3) is 28.0 Å². The van der Waals surface area contributed by atoms with E-state index in [2.05, 4.69) is 91.8 Å². The average Bonchev–Trinajstić information content (AvgIpc) is 3.38. The molecule has 233 valence electrons. The van der Waals surface area contributed by atoms with Crippen molar-refractivity contribution in [3.63, 3.8) is 0 Å². The number of hydrogen-bond acceptors (Lipinski definition) is 3. The van der Waals surface area contributed by atoms with Gasteiger partial charge in [-0.05, 0) is 65.9 Å². The third-order valence-electron chi connectivity index (χ3n) is 8.18. The second kappa shape index (κ2) is 17.3. The van der Waals surface area contributed by atoms with E-state index >= 15 is 0 Å². The van der Waals surface area contributed by atoms with E-state index < -0.39 is 0 Å². The van der Waals surface area contributed by atoms with Crippen LogP contribution in [0.15, 0.2) is 78.7 Å². The van der Waals surface area contributed by atoms with Gasteiger partial charge in [-0.25, -0.2) is 0 Å². The molecule has 43 heavy (non-hydrogen) atoms. The summed E-state index contributed by atoms with van der Waals surface area (Å²) in [6.07, 6.45) is 6.76. The number of ketones is 1. The molecule has 0 bridgehead atoms. The van der Waals surface area contributed by atoms with E-state index in [1.807, 2.05) is 46.0 Å². The third kappa shape index (κ3) is 8.77. The summed E-state index contributed by atoms with van der Waals surface area (Å²) in [4.78, 5) is 16.3. The zero-order valence-electron chi connectivity index (χ0n) is 27.1. The Morgan fingerprint density at radius 2 is 1.37 bits per heavy atom. The van der Waals surface area contributed by atoms with E-state index in [0.717, 1.165) is 42.5 Å². The molecule has 0 saturated heterocycles. The molecule has 5 heteroatoms. The number of benzene rings is 2. The van der Waals surface area contributed by atoms with E-state index in [1.165, 1.54) is 28.4 Å². The number of para-hydroxylation sites is 2. The average molecular weight is 758 g/mol. The molecule has 0 saturated carbocycles. The van der Waals surface area contributed by atoms with Crippen molar-refractivity contribution in [2.45, 2.75) is 92.9 Å². The second-order valence-corrected chi connectivity index (χ2v) is 11.6. The van der Waals surface area contributed by atoms with Crippen LogP contribution >= 0.6 is 0 Å². The maximum Gasteiger partial charge on any atom is 0.162 e. The molecule has 0 aliphatic heterocycles. The largest absolute Gasteiger partial charge is 0.512 e. The number of allylic oxidation sites excluding steroid dienone is 2. The first-order chi connectivity index (χ1) is 20.2. The van der Waals surface area contributed by atoms with Gasteiger partial charge in [0.2, 0.25) is 0 Å². The van der Waals surface area contributed by atoms with Crippen molar-refractivity contribution < 1.29 is 30.0 Å². The van der Waals surface area contributed by atoms with Crippen molar-refractivity contribution in [3.8, 4) is 17.1 Å². The molecule has 0 unspecified atom stereocenters. The van der Waals surface area contributed by atoms with Gasteiger partial charge < -0.3 is 14.7 Å². The summed E-state index contributed by atoms with van der Waals surface area (Å²) < 4.78 is 2.36. The Hall–Kier alpha value is -3.01. The first kappa shape index (κ1) is 36.2. The molecule has 2 aromatic carbocycles. The second-order valence-electron chi connectivity index (χ2n) is 11.6. The number of aliphatic hydroxyl groups excluding tert-OH is 1. The fraction of sp³-hybridized carbons (Fsp3) is 0.421. The molecule has 2 heterocycles. The van der Waals surface area contributed by atoms with Crippen molar-refractivity contribution in [2.75, 3.05) is 0 Å². The number of carbonyl (C=O) groups excluding carboxylic acids is 1. The molecule has 2 aromatic heterocycles. The van der Waals surface area contributed by atoms with Crippen molar-refractivity contribution in [1.82, 2.24) is 9.55 Å². The number of aromatic nitrogens is 2. The summed E-state index contributed by atoms with van der Waals surface area (Å²) in [5, 5.41) is 10.9. The van der Waals surface area contributed by atoms with E-state index in [-0.39, 0.29) is 43.5 Å². The van der Waals surface area contributed by atoms with Crippen LogP contribution in [0.5, 0.6) is 0 Å². The van der Waals surface area contributed by atoms with Gasteiger partial charge in [0.15, 0.2) is 5.78 Å². The first-order valence-electron chi connectivity index (χ1n) is 15.7.